The molecule has 0 heterocycles. The average molecular weight is 212 g/mol. The van der Waals surface area contributed by atoms with Crippen molar-refractivity contribution in [3.05, 3.63) is 34.3 Å². The fourth-order valence-electron chi connectivity index (χ4n) is 0.860. The zero-order valence-corrected chi connectivity index (χ0v) is 8.38. The van der Waals surface area contributed by atoms with E-state index >= 15 is 0 Å². The minimum Gasteiger partial charge on any atom is -0.350 e. The van der Waals surface area contributed by atoms with Gasteiger partial charge in [-0.05, 0) is 24.1 Å². The Hall–Kier alpha value is -1.55. The van der Waals surface area contributed by atoms with Gasteiger partial charge in [0.25, 0.3) is 0 Å². The summed E-state index contributed by atoms with van der Waals surface area (Å²) in [6, 6.07) is 4.77. The third-order valence-corrected chi connectivity index (χ3v) is 1.99. The first kappa shape index (κ1) is 10.5. The molecule has 1 aromatic carbocycles. The molecule has 5 heteroatoms. The number of benzene rings is 1. The van der Waals surface area contributed by atoms with Gasteiger partial charge < -0.3 is 5.73 Å². The fourth-order valence-corrected chi connectivity index (χ4v) is 1.05. The van der Waals surface area contributed by atoms with E-state index in [1.54, 1.807) is 6.07 Å². The standard InChI is InChI=1S/C9H10ClN3O/c1-6-2-3-7(4-8(6)10)5-12-13-9(11)14/h2-5H,1H3,(H3,11,13,14)/b12-5+. The number of urea groups is 1. The van der Waals surface area contributed by atoms with Crippen LogP contribution in [0.2, 0.25) is 5.02 Å². The highest BCUT2D eigenvalue weighted by Gasteiger charge is 1.95. The first-order valence-corrected chi connectivity index (χ1v) is 4.32. The monoisotopic (exact) mass is 211 g/mol. The first-order valence-electron chi connectivity index (χ1n) is 3.94. The highest BCUT2D eigenvalue weighted by atomic mass is 35.5. The molecule has 0 saturated carbocycles. The van der Waals surface area contributed by atoms with E-state index in [9.17, 15) is 4.79 Å². The van der Waals surface area contributed by atoms with Gasteiger partial charge in [0.1, 0.15) is 0 Å². The maximum absolute atomic E-state index is 10.3. The minimum atomic E-state index is -0.695. The molecule has 2 amide bonds. The molecule has 1 aromatic rings. The Morgan fingerprint density at radius 2 is 2.36 bits per heavy atom. The van der Waals surface area contributed by atoms with Crippen LogP contribution in [0.5, 0.6) is 0 Å². The van der Waals surface area contributed by atoms with Crippen LogP contribution in [0.4, 0.5) is 4.79 Å². The van der Waals surface area contributed by atoms with Gasteiger partial charge in [-0.2, -0.15) is 5.10 Å². The molecule has 0 bridgehead atoms. The lowest BCUT2D eigenvalue weighted by molar-refractivity contribution is 0.249. The molecule has 0 saturated heterocycles. The molecule has 0 aromatic heterocycles. The van der Waals surface area contributed by atoms with E-state index in [1.165, 1.54) is 6.21 Å². The van der Waals surface area contributed by atoms with Gasteiger partial charge >= 0.3 is 6.03 Å². The second-order valence-corrected chi connectivity index (χ2v) is 3.15. The van der Waals surface area contributed by atoms with Crippen LogP contribution in [0, 0.1) is 6.92 Å². The number of nitrogens with zero attached hydrogens (tertiary/aromatic N) is 1. The van der Waals surface area contributed by atoms with Gasteiger partial charge in [0.05, 0.1) is 6.21 Å². The number of hydrazone groups is 1. The van der Waals surface area contributed by atoms with Crippen LogP contribution in [-0.4, -0.2) is 12.2 Å². The van der Waals surface area contributed by atoms with Crippen LogP contribution >= 0.6 is 11.6 Å². The number of carbonyl (C=O) groups excluding carboxylic acids is 1. The van der Waals surface area contributed by atoms with Gasteiger partial charge in [-0.1, -0.05) is 23.7 Å². The van der Waals surface area contributed by atoms with Crippen LogP contribution < -0.4 is 11.2 Å². The Labute approximate surface area is 86.7 Å². The lowest BCUT2D eigenvalue weighted by atomic mass is 10.2. The third-order valence-electron chi connectivity index (χ3n) is 1.58. The topological polar surface area (TPSA) is 67.5 Å². The van der Waals surface area contributed by atoms with Crippen molar-refractivity contribution in [1.82, 2.24) is 5.43 Å². The van der Waals surface area contributed by atoms with E-state index in [0.717, 1.165) is 11.1 Å². The van der Waals surface area contributed by atoms with Crippen molar-refractivity contribution < 1.29 is 4.79 Å². The summed E-state index contributed by atoms with van der Waals surface area (Å²) in [7, 11) is 0. The van der Waals surface area contributed by atoms with Gasteiger partial charge in [0.15, 0.2) is 0 Å². The van der Waals surface area contributed by atoms with Crippen LogP contribution in [0.15, 0.2) is 23.3 Å². The van der Waals surface area contributed by atoms with E-state index in [0.29, 0.717) is 5.02 Å². The lowest BCUT2D eigenvalue weighted by Gasteiger charge is -1.98. The summed E-state index contributed by atoms with van der Waals surface area (Å²) < 4.78 is 0. The molecule has 0 aliphatic carbocycles. The zero-order valence-electron chi connectivity index (χ0n) is 7.62. The Morgan fingerprint density at radius 3 is 2.93 bits per heavy atom. The number of rotatable bonds is 2. The van der Waals surface area contributed by atoms with E-state index < -0.39 is 6.03 Å². The fraction of sp³-hybridized carbons (Fsp3) is 0.111. The van der Waals surface area contributed by atoms with Gasteiger partial charge in [-0.3, -0.25) is 0 Å². The molecule has 0 aliphatic heterocycles. The number of amides is 2. The number of nitrogens with two attached hydrogens (primary N) is 1. The maximum atomic E-state index is 10.3. The maximum Gasteiger partial charge on any atom is 0.332 e. The summed E-state index contributed by atoms with van der Waals surface area (Å²) in [5.74, 6) is 0. The third kappa shape index (κ3) is 3.06. The van der Waals surface area contributed by atoms with Crippen molar-refractivity contribution in [3.8, 4) is 0 Å². The van der Waals surface area contributed by atoms with Crippen LogP contribution in [0.3, 0.4) is 0 Å². The smallest absolute Gasteiger partial charge is 0.332 e. The largest absolute Gasteiger partial charge is 0.350 e. The van der Waals surface area contributed by atoms with Crippen molar-refractivity contribution in [2.45, 2.75) is 6.92 Å². The number of hydrogen-bond donors (Lipinski definition) is 2. The summed E-state index contributed by atoms with van der Waals surface area (Å²) in [6.07, 6.45) is 1.47. The van der Waals surface area contributed by atoms with E-state index in [-0.39, 0.29) is 0 Å². The summed E-state index contributed by atoms with van der Waals surface area (Å²) in [4.78, 5) is 10.3. The molecule has 1 rings (SSSR count). The molecule has 4 nitrogen and oxygen atoms in total. The van der Waals surface area contributed by atoms with Crippen LogP contribution in [0.1, 0.15) is 11.1 Å². The molecule has 0 aliphatic rings. The minimum absolute atomic E-state index is 0.660. The Kier molecular flexibility index (Phi) is 3.48. The second kappa shape index (κ2) is 4.62. The number of hydrogen-bond acceptors (Lipinski definition) is 2. The van der Waals surface area contributed by atoms with E-state index in [1.807, 2.05) is 19.1 Å². The molecular formula is C9H10ClN3O. The van der Waals surface area contributed by atoms with Gasteiger partial charge in [-0.25, -0.2) is 10.2 Å². The molecule has 0 atom stereocenters. The van der Waals surface area contributed by atoms with E-state index in [4.69, 9.17) is 17.3 Å². The van der Waals surface area contributed by atoms with Crippen molar-refractivity contribution in [2.24, 2.45) is 10.8 Å². The van der Waals surface area contributed by atoms with E-state index in [2.05, 4.69) is 10.5 Å². The molecule has 0 radical (unpaired) electrons. The molecular weight excluding hydrogens is 202 g/mol. The quantitative estimate of drug-likeness (QED) is 0.567. The molecule has 0 spiro atoms. The highest BCUT2D eigenvalue weighted by molar-refractivity contribution is 6.31. The number of nitrogens with one attached hydrogen (secondary N) is 1. The number of aryl methyl sites for hydroxylation is 1. The molecule has 0 unspecified atom stereocenters. The SMILES string of the molecule is Cc1ccc(/C=N/NC(N)=O)cc1Cl. The first-order chi connectivity index (χ1) is 6.59. The normalized spacial score (nSPS) is 10.4. The van der Waals surface area contributed by atoms with Crippen LogP contribution in [0.25, 0.3) is 0 Å². The van der Waals surface area contributed by atoms with Gasteiger partial charge in [0, 0.05) is 5.02 Å². The Bertz CT molecular complexity index is 376. The molecule has 0 fully saturated rings. The Balaban J connectivity index is 2.73. The number of primary amides is 1. The van der Waals surface area contributed by atoms with Crippen molar-refractivity contribution in [1.29, 1.82) is 0 Å². The highest BCUT2D eigenvalue weighted by Crippen LogP contribution is 2.15. The number of halogens is 1. The van der Waals surface area contributed by atoms with Gasteiger partial charge in [0.2, 0.25) is 0 Å². The molecule has 74 valence electrons. The summed E-state index contributed by atoms with van der Waals surface area (Å²) >= 11 is 5.88. The van der Waals surface area contributed by atoms with Crippen molar-refractivity contribution in [3.63, 3.8) is 0 Å². The molecule has 3 N–H and O–H groups in total. The number of carbonyl (C=O) groups is 1. The predicted molar refractivity (Wildman–Crippen MR) is 56.5 cm³/mol. The summed E-state index contributed by atoms with van der Waals surface area (Å²) in [5.41, 5.74) is 8.71. The summed E-state index contributed by atoms with van der Waals surface area (Å²) in [6.45, 7) is 1.91. The average Bonchev–Trinajstić information content (AvgIpc) is 2.10. The summed E-state index contributed by atoms with van der Waals surface area (Å²) in [5, 5.41) is 4.26. The van der Waals surface area contributed by atoms with Crippen molar-refractivity contribution >= 4 is 23.8 Å². The zero-order chi connectivity index (χ0) is 10.6. The second-order valence-electron chi connectivity index (χ2n) is 2.74. The Morgan fingerprint density at radius 1 is 1.64 bits per heavy atom. The van der Waals surface area contributed by atoms with Crippen molar-refractivity contribution in [2.75, 3.05) is 0 Å². The lowest BCUT2D eigenvalue weighted by Crippen LogP contribution is -2.24. The molecule has 14 heavy (non-hydrogen) atoms. The van der Waals surface area contributed by atoms with Crippen LogP contribution in [-0.2, 0) is 0 Å². The van der Waals surface area contributed by atoms with Gasteiger partial charge in [-0.15, -0.1) is 0 Å². The predicted octanol–water partition coefficient (Wildman–Crippen LogP) is 1.65.